The highest BCUT2D eigenvalue weighted by atomic mass is 79.9. The van der Waals surface area contributed by atoms with Gasteiger partial charge in [-0.1, -0.05) is 43.5 Å². The van der Waals surface area contributed by atoms with Gasteiger partial charge in [-0.3, -0.25) is 28.0 Å². The van der Waals surface area contributed by atoms with E-state index in [1.165, 1.54) is 17.5 Å². The van der Waals surface area contributed by atoms with Gasteiger partial charge in [0.2, 0.25) is 19.5 Å². The van der Waals surface area contributed by atoms with E-state index in [9.17, 15) is 18.9 Å². The number of thiophene rings is 1. The van der Waals surface area contributed by atoms with Gasteiger partial charge in [0.25, 0.3) is 0 Å². The summed E-state index contributed by atoms with van der Waals surface area (Å²) in [4.78, 5) is 38.7. The fourth-order valence-corrected chi connectivity index (χ4v) is 7.84. The maximum Gasteiger partial charge on any atom is 0.353 e. The summed E-state index contributed by atoms with van der Waals surface area (Å²) in [5.74, 6) is -2.00. The molecule has 0 spiro atoms. The highest BCUT2D eigenvalue weighted by Gasteiger charge is 2.45. The van der Waals surface area contributed by atoms with Crippen molar-refractivity contribution in [1.82, 2.24) is 5.32 Å². The number of rotatable bonds is 11. The molecule has 14 heteroatoms. The first-order valence-corrected chi connectivity index (χ1v) is 17.7. The van der Waals surface area contributed by atoms with Crippen LogP contribution in [-0.2, 0) is 37.5 Å². The van der Waals surface area contributed by atoms with Crippen molar-refractivity contribution in [3.8, 4) is 0 Å². The summed E-state index contributed by atoms with van der Waals surface area (Å²) in [7, 11) is -4.59. The molecule has 0 aliphatic carbocycles. The van der Waals surface area contributed by atoms with Crippen molar-refractivity contribution in [2.24, 2.45) is 10.8 Å². The molecule has 1 N–H and O–H groups in total. The van der Waals surface area contributed by atoms with E-state index in [-0.39, 0.29) is 0 Å². The molecule has 3 rings (SSSR count). The quantitative estimate of drug-likeness (QED) is 0.116. The molecule has 0 aliphatic rings. The molecule has 1 amide bonds. The number of hydrogen-bond acceptors (Lipinski definition) is 9. The number of ether oxygens (including phenoxy) is 2. The maximum atomic E-state index is 14.6. The summed E-state index contributed by atoms with van der Waals surface area (Å²) in [6.45, 7) is 8.30. The van der Waals surface area contributed by atoms with E-state index in [0.717, 1.165) is 19.2 Å². The Balaban J connectivity index is 2.03. The van der Waals surface area contributed by atoms with Gasteiger partial charge in [0.15, 0.2) is 5.66 Å². The molecule has 44 heavy (non-hydrogen) atoms. The third kappa shape index (κ3) is 9.97. The molecule has 1 unspecified atom stereocenters. The van der Waals surface area contributed by atoms with Crippen LogP contribution in [0, 0.1) is 10.8 Å². The van der Waals surface area contributed by atoms with Crippen molar-refractivity contribution in [1.29, 1.82) is 0 Å². The molecule has 0 bridgehead atoms. The number of carbonyl (C=O) groups is 3. The molecular formula is C30H33Br2ClNO8PS. The summed E-state index contributed by atoms with van der Waals surface area (Å²) in [6.07, 6.45) is 3.05. The highest BCUT2D eigenvalue weighted by Crippen LogP contribution is 2.62. The van der Waals surface area contributed by atoms with Crippen LogP contribution < -0.4 is 5.32 Å². The van der Waals surface area contributed by atoms with E-state index < -0.39 is 55.5 Å². The predicted molar refractivity (Wildman–Crippen MR) is 179 cm³/mol. The van der Waals surface area contributed by atoms with Crippen LogP contribution in [0.15, 0.2) is 56.9 Å². The highest BCUT2D eigenvalue weighted by molar-refractivity contribution is 9.11. The van der Waals surface area contributed by atoms with E-state index in [1.54, 1.807) is 71.2 Å². The fraction of sp³-hybridized carbons (Fsp3) is 0.367. The summed E-state index contributed by atoms with van der Waals surface area (Å²) < 4.78 is 38.7. The van der Waals surface area contributed by atoms with Gasteiger partial charge in [-0.05, 0) is 106 Å². The molecule has 0 saturated carbocycles. The van der Waals surface area contributed by atoms with Gasteiger partial charge in [0, 0.05) is 24.9 Å². The Morgan fingerprint density at radius 2 is 1.48 bits per heavy atom. The lowest BCUT2D eigenvalue weighted by Gasteiger charge is -2.27. The third-order valence-corrected chi connectivity index (χ3v) is 10.1. The second kappa shape index (κ2) is 15.0. The summed E-state index contributed by atoms with van der Waals surface area (Å²) in [5, 5.41) is 5.26. The molecule has 9 nitrogen and oxygen atoms in total. The molecule has 0 saturated heterocycles. The number of benzene rings is 2. The number of amides is 1. The second-order valence-corrected chi connectivity index (χ2v) is 17.0. The number of carbonyl (C=O) groups excluding carboxylic acids is 3. The van der Waals surface area contributed by atoms with Crippen LogP contribution in [0.1, 0.15) is 58.3 Å². The predicted octanol–water partition coefficient (Wildman–Crippen LogP) is 9.23. The fourth-order valence-electron chi connectivity index (χ4n) is 3.58. The van der Waals surface area contributed by atoms with E-state index in [2.05, 4.69) is 37.2 Å². The lowest BCUT2D eigenvalue weighted by Crippen LogP contribution is -2.29. The van der Waals surface area contributed by atoms with Crippen LogP contribution >= 0.6 is 62.4 Å². The smallest absolute Gasteiger partial charge is 0.353 e. The SMILES string of the molecule is CC(C)(C)C(=O)OCOP(=O)(OCOC(=O)C(C)(C)C)C(C(=O)NC=Cc1cc(Br)cc(Br)c1)c1csc2ccc(Cl)cc12. The van der Waals surface area contributed by atoms with E-state index in [0.29, 0.717) is 16.0 Å². The minimum Gasteiger partial charge on any atom is -0.438 e. The third-order valence-electron chi connectivity index (χ3n) is 5.88. The molecule has 1 aromatic heterocycles. The minimum absolute atomic E-state index is 0.302. The van der Waals surface area contributed by atoms with Crippen LogP contribution in [-0.4, -0.2) is 31.4 Å². The summed E-state index contributed by atoms with van der Waals surface area (Å²) >= 11 is 14.4. The Labute approximate surface area is 282 Å². The molecule has 0 radical (unpaired) electrons. The molecule has 1 heterocycles. The first-order valence-electron chi connectivity index (χ1n) is 13.2. The zero-order valence-corrected chi connectivity index (χ0v) is 30.6. The molecule has 238 valence electrons. The molecule has 0 fully saturated rings. The average Bonchev–Trinajstić information content (AvgIpc) is 3.29. The molecule has 3 aromatic rings. The lowest BCUT2D eigenvalue weighted by molar-refractivity contribution is -0.162. The van der Waals surface area contributed by atoms with Gasteiger partial charge in [0.05, 0.1) is 10.8 Å². The molecular weight excluding hydrogens is 761 g/mol. The van der Waals surface area contributed by atoms with Gasteiger partial charge in [-0.15, -0.1) is 11.3 Å². The molecule has 0 aliphatic heterocycles. The Morgan fingerprint density at radius 1 is 0.932 bits per heavy atom. The first kappa shape index (κ1) is 36.4. The number of fused-ring (bicyclic) bond motifs is 1. The van der Waals surface area contributed by atoms with Gasteiger partial charge in [-0.25, -0.2) is 0 Å². The van der Waals surface area contributed by atoms with Gasteiger partial charge in [-0.2, -0.15) is 0 Å². The van der Waals surface area contributed by atoms with Crippen molar-refractivity contribution in [2.75, 3.05) is 13.6 Å². The monoisotopic (exact) mass is 791 g/mol. The van der Waals surface area contributed by atoms with E-state index in [4.69, 9.17) is 30.1 Å². The Morgan fingerprint density at radius 3 is 2.00 bits per heavy atom. The zero-order valence-electron chi connectivity index (χ0n) is 24.9. The van der Waals surface area contributed by atoms with Crippen molar-refractivity contribution in [2.45, 2.75) is 47.2 Å². The van der Waals surface area contributed by atoms with Crippen molar-refractivity contribution in [3.63, 3.8) is 0 Å². The number of halogens is 3. The normalized spacial score (nSPS) is 13.2. The first-order chi connectivity index (χ1) is 20.4. The number of esters is 2. The van der Waals surface area contributed by atoms with E-state index >= 15 is 0 Å². The number of nitrogens with one attached hydrogen (secondary N) is 1. The Kier molecular flexibility index (Phi) is 12.4. The van der Waals surface area contributed by atoms with E-state index in [1.807, 2.05) is 18.2 Å². The Bertz CT molecular complexity index is 1560. The van der Waals surface area contributed by atoms with Crippen molar-refractivity contribution >= 4 is 96.4 Å². The maximum absolute atomic E-state index is 14.6. The van der Waals surface area contributed by atoms with Crippen molar-refractivity contribution in [3.05, 3.63) is 73.1 Å². The minimum atomic E-state index is -4.59. The summed E-state index contributed by atoms with van der Waals surface area (Å²) in [5.41, 5.74) is -2.26. The zero-order chi connectivity index (χ0) is 32.9. The van der Waals surface area contributed by atoms with Crippen molar-refractivity contribution < 1.29 is 37.5 Å². The topological polar surface area (TPSA) is 117 Å². The van der Waals surface area contributed by atoms with Crippen LogP contribution in [0.5, 0.6) is 0 Å². The van der Waals surface area contributed by atoms with Gasteiger partial charge >= 0.3 is 19.5 Å². The van der Waals surface area contributed by atoms with Gasteiger partial charge < -0.3 is 14.8 Å². The molecule has 2 aromatic carbocycles. The second-order valence-electron chi connectivity index (χ2n) is 11.7. The van der Waals surface area contributed by atoms with Crippen LogP contribution in [0.3, 0.4) is 0 Å². The summed E-state index contributed by atoms with van der Waals surface area (Å²) in [6, 6.07) is 10.6. The van der Waals surface area contributed by atoms with Crippen LogP contribution in [0.2, 0.25) is 5.02 Å². The lowest BCUT2D eigenvalue weighted by atomic mass is 9.98. The standard InChI is InChI=1S/C30H33Br2ClNO8PS/c1-29(2,3)27(36)39-16-41-43(38,42-17-40-28(37)30(4,5)6)25(23-15-44-24-8-7-21(33)14-22(23)24)26(35)34-10-9-18-11-19(31)13-20(32)12-18/h7-15,25H,16-17H2,1-6H3,(H,34,35). The van der Waals surface area contributed by atoms with Crippen LogP contribution in [0.4, 0.5) is 0 Å². The van der Waals surface area contributed by atoms with Crippen LogP contribution in [0.25, 0.3) is 16.2 Å². The Hall–Kier alpha value is -2.05. The average molecular weight is 794 g/mol. The molecule has 1 atom stereocenters. The largest absolute Gasteiger partial charge is 0.438 e. The van der Waals surface area contributed by atoms with Gasteiger partial charge in [0.1, 0.15) is 0 Å². The number of hydrogen-bond donors (Lipinski definition) is 1.